The minimum absolute atomic E-state index is 0.224. The molecule has 1 aromatic rings. The van der Waals surface area contributed by atoms with E-state index in [4.69, 9.17) is 22.5 Å². The molecule has 5 heteroatoms. The Hall–Kier alpha value is -0.870. The fourth-order valence-corrected chi connectivity index (χ4v) is 2.03. The zero-order chi connectivity index (χ0) is 10.4. The van der Waals surface area contributed by atoms with E-state index in [9.17, 15) is 0 Å². The standard InChI is InChI=1S/C9H11ClN2OS/c10-8-4-2-1-3-7(8)5-14-6-9(11)12-13/h1-4,13H,5-6H2,(H2,11,12). The molecule has 3 nitrogen and oxygen atoms in total. The number of rotatable bonds is 4. The molecule has 0 heterocycles. The van der Waals surface area contributed by atoms with Crippen molar-refractivity contribution in [3.8, 4) is 0 Å². The predicted molar refractivity (Wildman–Crippen MR) is 61.0 cm³/mol. The van der Waals surface area contributed by atoms with E-state index >= 15 is 0 Å². The number of benzene rings is 1. The van der Waals surface area contributed by atoms with Crippen molar-refractivity contribution in [3.63, 3.8) is 0 Å². The van der Waals surface area contributed by atoms with E-state index in [2.05, 4.69) is 5.16 Å². The van der Waals surface area contributed by atoms with Crippen LogP contribution in [0.3, 0.4) is 0 Å². The highest BCUT2D eigenvalue weighted by Gasteiger charge is 1.99. The van der Waals surface area contributed by atoms with Gasteiger partial charge in [0.1, 0.15) is 5.84 Å². The molecule has 0 radical (unpaired) electrons. The molecule has 0 saturated carbocycles. The zero-order valence-electron chi connectivity index (χ0n) is 7.48. The van der Waals surface area contributed by atoms with E-state index in [1.807, 2.05) is 24.3 Å². The van der Waals surface area contributed by atoms with Crippen LogP contribution in [0.1, 0.15) is 5.56 Å². The minimum Gasteiger partial charge on any atom is -0.409 e. The first-order valence-electron chi connectivity index (χ1n) is 4.01. The lowest BCUT2D eigenvalue weighted by molar-refractivity contribution is 0.318. The van der Waals surface area contributed by atoms with Gasteiger partial charge in [-0.3, -0.25) is 0 Å². The molecule has 0 amide bonds. The molecule has 14 heavy (non-hydrogen) atoms. The van der Waals surface area contributed by atoms with Crippen molar-refractivity contribution in [3.05, 3.63) is 34.9 Å². The molecule has 1 rings (SSSR count). The Kier molecular flexibility index (Phi) is 4.62. The molecule has 0 aliphatic rings. The molecular weight excluding hydrogens is 220 g/mol. The van der Waals surface area contributed by atoms with Crippen molar-refractivity contribution in [1.29, 1.82) is 0 Å². The van der Waals surface area contributed by atoms with Gasteiger partial charge in [-0.1, -0.05) is 35.0 Å². The molecular formula is C9H11ClN2OS. The van der Waals surface area contributed by atoms with Crippen LogP contribution in [0.15, 0.2) is 29.4 Å². The summed E-state index contributed by atoms with van der Waals surface area (Å²) in [6, 6.07) is 7.63. The van der Waals surface area contributed by atoms with E-state index in [0.717, 1.165) is 16.3 Å². The highest BCUT2D eigenvalue weighted by atomic mass is 35.5. The van der Waals surface area contributed by atoms with Crippen molar-refractivity contribution < 1.29 is 5.21 Å². The van der Waals surface area contributed by atoms with Crippen LogP contribution in [0.5, 0.6) is 0 Å². The van der Waals surface area contributed by atoms with Crippen molar-refractivity contribution in [2.75, 3.05) is 5.75 Å². The Bertz CT molecular complexity index is 330. The van der Waals surface area contributed by atoms with Gasteiger partial charge in [-0.15, -0.1) is 11.8 Å². The summed E-state index contributed by atoms with van der Waals surface area (Å²) in [7, 11) is 0. The zero-order valence-corrected chi connectivity index (χ0v) is 9.05. The first-order chi connectivity index (χ1) is 6.74. The largest absolute Gasteiger partial charge is 0.409 e. The smallest absolute Gasteiger partial charge is 0.149 e. The number of nitrogens with two attached hydrogens (primary N) is 1. The predicted octanol–water partition coefficient (Wildman–Crippen LogP) is 2.32. The summed E-state index contributed by atoms with van der Waals surface area (Å²) >= 11 is 7.50. The molecule has 0 atom stereocenters. The van der Waals surface area contributed by atoms with Gasteiger partial charge in [-0.2, -0.15) is 0 Å². The maximum atomic E-state index is 8.31. The van der Waals surface area contributed by atoms with Crippen LogP contribution in [0.4, 0.5) is 0 Å². The van der Waals surface area contributed by atoms with E-state index < -0.39 is 0 Å². The van der Waals surface area contributed by atoms with Crippen LogP contribution >= 0.6 is 23.4 Å². The maximum Gasteiger partial charge on any atom is 0.149 e. The van der Waals surface area contributed by atoms with Gasteiger partial charge >= 0.3 is 0 Å². The van der Waals surface area contributed by atoms with Crippen LogP contribution in [0.25, 0.3) is 0 Å². The monoisotopic (exact) mass is 230 g/mol. The van der Waals surface area contributed by atoms with Crippen LogP contribution in [-0.2, 0) is 5.75 Å². The lowest BCUT2D eigenvalue weighted by Crippen LogP contribution is -2.14. The summed E-state index contributed by atoms with van der Waals surface area (Å²) in [4.78, 5) is 0. The summed E-state index contributed by atoms with van der Waals surface area (Å²) in [6.07, 6.45) is 0. The lowest BCUT2D eigenvalue weighted by Gasteiger charge is -2.02. The SMILES string of the molecule is N/C(CSCc1ccccc1Cl)=N/O. The molecule has 0 spiro atoms. The molecule has 0 aromatic heterocycles. The van der Waals surface area contributed by atoms with Gasteiger partial charge in [-0.05, 0) is 11.6 Å². The molecule has 0 aliphatic carbocycles. The number of halogens is 1. The van der Waals surface area contributed by atoms with Gasteiger partial charge in [-0.25, -0.2) is 0 Å². The fraction of sp³-hybridized carbons (Fsp3) is 0.222. The average molecular weight is 231 g/mol. The Morgan fingerprint density at radius 2 is 2.21 bits per heavy atom. The van der Waals surface area contributed by atoms with Gasteiger partial charge in [0, 0.05) is 10.8 Å². The summed E-state index contributed by atoms with van der Waals surface area (Å²) in [5, 5.41) is 11.9. The summed E-state index contributed by atoms with van der Waals surface area (Å²) in [5.74, 6) is 1.49. The highest BCUT2D eigenvalue weighted by molar-refractivity contribution is 7.99. The van der Waals surface area contributed by atoms with Crippen molar-refractivity contribution in [2.24, 2.45) is 10.9 Å². The highest BCUT2D eigenvalue weighted by Crippen LogP contribution is 2.20. The van der Waals surface area contributed by atoms with Crippen molar-refractivity contribution in [1.82, 2.24) is 0 Å². The first kappa shape index (κ1) is 11.2. The Morgan fingerprint density at radius 3 is 2.86 bits per heavy atom. The molecule has 0 bridgehead atoms. The number of oxime groups is 1. The number of amidine groups is 1. The molecule has 0 aliphatic heterocycles. The molecule has 3 N–H and O–H groups in total. The second-order valence-electron chi connectivity index (χ2n) is 2.68. The molecule has 0 saturated heterocycles. The minimum atomic E-state index is 0.224. The van der Waals surface area contributed by atoms with E-state index in [1.165, 1.54) is 0 Å². The molecule has 76 valence electrons. The van der Waals surface area contributed by atoms with Crippen LogP contribution < -0.4 is 5.73 Å². The summed E-state index contributed by atoms with van der Waals surface area (Å²) < 4.78 is 0. The Balaban J connectivity index is 2.43. The topological polar surface area (TPSA) is 58.6 Å². The summed E-state index contributed by atoms with van der Waals surface area (Å²) in [5.41, 5.74) is 6.38. The number of hydrogen-bond acceptors (Lipinski definition) is 3. The lowest BCUT2D eigenvalue weighted by atomic mass is 10.2. The molecule has 0 fully saturated rings. The van der Waals surface area contributed by atoms with Gasteiger partial charge in [0.2, 0.25) is 0 Å². The molecule has 1 aromatic carbocycles. The first-order valence-corrected chi connectivity index (χ1v) is 5.55. The van der Waals surface area contributed by atoms with Gasteiger partial charge in [0.05, 0.1) is 5.75 Å². The number of hydrogen-bond donors (Lipinski definition) is 2. The quantitative estimate of drug-likeness (QED) is 0.361. The van der Waals surface area contributed by atoms with Crippen LogP contribution in [0, 0.1) is 0 Å². The Morgan fingerprint density at radius 1 is 1.50 bits per heavy atom. The van der Waals surface area contributed by atoms with Crippen LogP contribution in [-0.4, -0.2) is 16.8 Å². The van der Waals surface area contributed by atoms with E-state index in [0.29, 0.717) is 5.75 Å². The Labute approximate surface area is 91.9 Å². The average Bonchev–Trinajstić information content (AvgIpc) is 2.20. The third-order valence-electron chi connectivity index (χ3n) is 1.59. The van der Waals surface area contributed by atoms with Gasteiger partial charge in [0.15, 0.2) is 0 Å². The third kappa shape index (κ3) is 3.47. The third-order valence-corrected chi connectivity index (χ3v) is 2.98. The normalized spacial score (nSPS) is 11.6. The van der Waals surface area contributed by atoms with Gasteiger partial charge < -0.3 is 10.9 Å². The fourth-order valence-electron chi connectivity index (χ4n) is 0.910. The summed E-state index contributed by atoms with van der Waals surface area (Å²) in [6.45, 7) is 0. The van der Waals surface area contributed by atoms with Crippen LogP contribution in [0.2, 0.25) is 5.02 Å². The second-order valence-corrected chi connectivity index (χ2v) is 4.07. The number of nitrogens with zero attached hydrogens (tertiary/aromatic N) is 1. The van der Waals surface area contributed by atoms with E-state index in [1.54, 1.807) is 11.8 Å². The molecule has 0 unspecified atom stereocenters. The van der Waals surface area contributed by atoms with E-state index in [-0.39, 0.29) is 5.84 Å². The van der Waals surface area contributed by atoms with Gasteiger partial charge in [0.25, 0.3) is 0 Å². The van der Waals surface area contributed by atoms with Crippen molar-refractivity contribution in [2.45, 2.75) is 5.75 Å². The number of thioether (sulfide) groups is 1. The van der Waals surface area contributed by atoms with Crippen molar-refractivity contribution >= 4 is 29.2 Å². The maximum absolute atomic E-state index is 8.31. The second kappa shape index (κ2) is 5.78.